The van der Waals surface area contributed by atoms with Crippen LogP contribution in [0.3, 0.4) is 0 Å². The van der Waals surface area contributed by atoms with Crippen LogP contribution in [0.2, 0.25) is 0 Å². The van der Waals surface area contributed by atoms with E-state index in [1.165, 1.54) is 24.2 Å². The maximum absolute atomic E-state index is 12.4. The second kappa shape index (κ2) is 12.8. The normalized spacial score (nSPS) is 12.8. The number of allylic oxidation sites excluding steroid dienone is 2. The molecule has 0 saturated heterocycles. The number of amides is 1. The highest BCUT2D eigenvalue weighted by Gasteiger charge is 2.35. The van der Waals surface area contributed by atoms with Gasteiger partial charge >= 0.3 is 0 Å². The van der Waals surface area contributed by atoms with Crippen LogP contribution >= 0.6 is 0 Å². The van der Waals surface area contributed by atoms with E-state index >= 15 is 0 Å². The molecule has 5 rings (SSSR count). The fraction of sp³-hybridized carbons (Fsp3) is 0.156. The largest absolute Gasteiger partial charge is 0.497 e. The van der Waals surface area contributed by atoms with Gasteiger partial charge in [0.05, 0.1) is 38.2 Å². The number of aromatic nitrogens is 3. The maximum atomic E-state index is 12.4. The Bertz CT molecular complexity index is 1670. The summed E-state index contributed by atoms with van der Waals surface area (Å²) in [5.74, 6) is 0.568. The number of Topliss-reactive ketones (excluding diaryl/α,β-unsaturated/α-hetero) is 1. The Morgan fingerprint density at radius 3 is 2.36 bits per heavy atom. The predicted molar refractivity (Wildman–Crippen MR) is 157 cm³/mol. The van der Waals surface area contributed by atoms with Gasteiger partial charge in [0.25, 0.3) is 11.7 Å². The van der Waals surface area contributed by atoms with E-state index < -0.39 is 11.7 Å². The summed E-state index contributed by atoms with van der Waals surface area (Å²) in [6, 6.07) is 19.7. The molecule has 0 spiro atoms. The van der Waals surface area contributed by atoms with Crippen LogP contribution in [0.1, 0.15) is 27.2 Å². The van der Waals surface area contributed by atoms with Gasteiger partial charge < -0.3 is 19.1 Å². The second-order valence-corrected chi connectivity index (χ2v) is 9.32. The Hall–Kier alpha value is -5.51. The molecule has 0 aliphatic carbocycles. The van der Waals surface area contributed by atoms with Crippen molar-refractivity contribution in [1.29, 1.82) is 0 Å². The van der Waals surface area contributed by atoms with Crippen molar-refractivity contribution in [1.82, 2.24) is 15.0 Å². The Labute approximate surface area is 242 Å². The van der Waals surface area contributed by atoms with Crippen molar-refractivity contribution in [2.24, 2.45) is 0 Å². The first kappa shape index (κ1) is 28.0. The quantitative estimate of drug-likeness (QED) is 0.184. The first-order valence-electron chi connectivity index (χ1n) is 13.1. The molecule has 1 amide bonds. The fourth-order valence-corrected chi connectivity index (χ4v) is 4.37. The van der Waals surface area contributed by atoms with Gasteiger partial charge in [-0.3, -0.25) is 19.1 Å². The molecule has 0 N–H and O–H groups in total. The molecule has 0 radical (unpaired) electrons. The molecule has 0 fully saturated rings. The zero-order valence-electron chi connectivity index (χ0n) is 23.1. The van der Waals surface area contributed by atoms with Crippen molar-refractivity contribution in [2.45, 2.75) is 13.2 Å². The number of rotatable bonds is 12. The molecule has 1 aliphatic heterocycles. The number of carbonyl (C=O) groups excluding carboxylic acids is 3. The van der Waals surface area contributed by atoms with E-state index in [-0.39, 0.29) is 18.9 Å². The lowest BCUT2D eigenvalue weighted by Crippen LogP contribution is -2.32. The topological polar surface area (TPSA) is 113 Å². The molecule has 10 nitrogen and oxygen atoms in total. The predicted octanol–water partition coefficient (Wildman–Crippen LogP) is 4.40. The Balaban J connectivity index is 1.14. The summed E-state index contributed by atoms with van der Waals surface area (Å²) in [6.07, 6.45) is 8.16. The molecule has 4 aromatic rings. The summed E-state index contributed by atoms with van der Waals surface area (Å²) >= 11 is 0. The lowest BCUT2D eigenvalue weighted by molar-refractivity contribution is -0.114. The highest BCUT2D eigenvalue weighted by atomic mass is 16.5. The van der Waals surface area contributed by atoms with E-state index in [2.05, 4.69) is 10.3 Å². The van der Waals surface area contributed by atoms with Crippen molar-refractivity contribution in [3.05, 3.63) is 107 Å². The Morgan fingerprint density at radius 2 is 1.60 bits per heavy atom. The third-order valence-electron chi connectivity index (χ3n) is 6.58. The third-order valence-corrected chi connectivity index (χ3v) is 6.58. The molecule has 0 saturated carbocycles. The highest BCUT2D eigenvalue weighted by molar-refractivity contribution is 6.52. The minimum absolute atomic E-state index is 0.143. The second-order valence-electron chi connectivity index (χ2n) is 9.32. The van der Waals surface area contributed by atoms with Crippen LogP contribution in [0, 0.1) is 0 Å². The SMILES string of the molecule is COc1ccc(/C=C/C(=O)/C=C/c2ccc(OCc3cn(CCN4C(=O)C(=O)c5ccccc54)nn3)c(OC)c2)cc1. The molecule has 212 valence electrons. The van der Waals surface area contributed by atoms with Gasteiger partial charge in [0.1, 0.15) is 18.1 Å². The van der Waals surface area contributed by atoms with E-state index in [1.807, 2.05) is 30.3 Å². The highest BCUT2D eigenvalue weighted by Crippen LogP contribution is 2.30. The molecule has 0 unspecified atom stereocenters. The molecule has 1 aliphatic rings. The Kier molecular flexibility index (Phi) is 8.53. The third kappa shape index (κ3) is 6.44. The van der Waals surface area contributed by atoms with Gasteiger partial charge in [-0.15, -0.1) is 5.10 Å². The number of para-hydroxylation sites is 1. The maximum Gasteiger partial charge on any atom is 0.299 e. The number of hydrogen-bond donors (Lipinski definition) is 0. The zero-order valence-corrected chi connectivity index (χ0v) is 23.1. The van der Waals surface area contributed by atoms with Gasteiger partial charge in [-0.2, -0.15) is 0 Å². The van der Waals surface area contributed by atoms with Gasteiger partial charge in [-0.1, -0.05) is 47.7 Å². The van der Waals surface area contributed by atoms with Crippen molar-refractivity contribution in [3.63, 3.8) is 0 Å². The first-order chi connectivity index (χ1) is 20.4. The van der Waals surface area contributed by atoms with E-state index in [1.54, 1.807) is 66.5 Å². The molecular weight excluding hydrogens is 536 g/mol. The minimum atomic E-state index is -0.542. The lowest BCUT2D eigenvalue weighted by Gasteiger charge is -2.15. The molecule has 42 heavy (non-hydrogen) atoms. The number of methoxy groups -OCH3 is 2. The molecule has 2 heterocycles. The van der Waals surface area contributed by atoms with E-state index in [9.17, 15) is 14.4 Å². The van der Waals surface area contributed by atoms with Crippen LogP contribution in [0.4, 0.5) is 5.69 Å². The van der Waals surface area contributed by atoms with Crippen molar-refractivity contribution < 1.29 is 28.6 Å². The summed E-state index contributed by atoms with van der Waals surface area (Å²) in [4.78, 5) is 38.3. The van der Waals surface area contributed by atoms with Crippen LogP contribution in [-0.2, 0) is 22.7 Å². The summed E-state index contributed by atoms with van der Waals surface area (Å²) in [7, 11) is 3.14. The number of benzene rings is 3. The summed E-state index contributed by atoms with van der Waals surface area (Å²) in [6.45, 7) is 0.788. The average Bonchev–Trinajstić information content (AvgIpc) is 3.58. The number of anilines is 1. The molecule has 0 atom stereocenters. The number of carbonyl (C=O) groups is 3. The Morgan fingerprint density at radius 1 is 0.857 bits per heavy atom. The number of nitrogens with zero attached hydrogens (tertiary/aromatic N) is 4. The molecular formula is C32H28N4O6. The number of ketones is 2. The van der Waals surface area contributed by atoms with Crippen LogP contribution in [0.25, 0.3) is 12.2 Å². The standard InChI is InChI=1S/C32H28N4O6/c1-40-26-14-9-22(10-15-26)7-12-25(37)13-8-23-11-16-29(30(19-23)41-2)42-21-24-20-35(34-33-24)17-18-36-28-6-4-3-5-27(28)31(38)32(36)39/h3-16,19-20H,17-18,21H2,1-2H3/b12-7+,13-8+. The molecule has 0 bridgehead atoms. The van der Waals surface area contributed by atoms with Gasteiger partial charge in [-0.05, 0) is 59.7 Å². The molecule has 3 aromatic carbocycles. The number of fused-ring (bicyclic) bond motifs is 1. The first-order valence-corrected chi connectivity index (χ1v) is 13.1. The van der Waals surface area contributed by atoms with E-state index in [0.717, 1.165) is 16.9 Å². The minimum Gasteiger partial charge on any atom is -0.497 e. The number of hydrogen-bond acceptors (Lipinski definition) is 8. The average molecular weight is 565 g/mol. The van der Waals surface area contributed by atoms with Gasteiger partial charge in [-0.25, -0.2) is 0 Å². The van der Waals surface area contributed by atoms with Crippen LogP contribution in [0.5, 0.6) is 17.2 Å². The van der Waals surface area contributed by atoms with Crippen molar-refractivity contribution >= 4 is 35.3 Å². The zero-order chi connectivity index (χ0) is 29.5. The van der Waals surface area contributed by atoms with Gasteiger partial charge in [0.2, 0.25) is 0 Å². The van der Waals surface area contributed by atoms with Crippen LogP contribution in [-0.4, -0.2) is 53.2 Å². The van der Waals surface area contributed by atoms with E-state index in [4.69, 9.17) is 14.2 Å². The van der Waals surface area contributed by atoms with Crippen LogP contribution in [0.15, 0.2) is 85.1 Å². The summed E-state index contributed by atoms with van der Waals surface area (Å²) in [5, 5.41) is 8.25. The van der Waals surface area contributed by atoms with Crippen LogP contribution < -0.4 is 19.1 Å². The van der Waals surface area contributed by atoms with E-state index in [0.29, 0.717) is 35.0 Å². The molecule has 10 heteroatoms. The van der Waals surface area contributed by atoms with Gasteiger partial charge in [0.15, 0.2) is 17.3 Å². The van der Waals surface area contributed by atoms with Crippen molar-refractivity contribution in [2.75, 3.05) is 25.7 Å². The fourth-order valence-electron chi connectivity index (χ4n) is 4.37. The lowest BCUT2D eigenvalue weighted by atomic mass is 10.1. The summed E-state index contributed by atoms with van der Waals surface area (Å²) < 4.78 is 18.1. The van der Waals surface area contributed by atoms with Gasteiger partial charge in [0, 0.05) is 6.54 Å². The number of ether oxygens (including phenoxy) is 3. The summed E-state index contributed by atoms with van der Waals surface area (Å²) in [5.41, 5.74) is 3.27. The monoisotopic (exact) mass is 564 g/mol. The molecule has 1 aromatic heterocycles. The smallest absolute Gasteiger partial charge is 0.299 e. The van der Waals surface area contributed by atoms with Crippen molar-refractivity contribution in [3.8, 4) is 17.2 Å².